The number of hydrogen-bond acceptors (Lipinski definition) is 5. The summed E-state index contributed by atoms with van der Waals surface area (Å²) in [4.78, 5) is 18.7. The van der Waals surface area contributed by atoms with Gasteiger partial charge in [-0.05, 0) is 48.6 Å². The molecule has 0 aliphatic rings. The van der Waals surface area contributed by atoms with Crippen LogP contribution in [0.15, 0.2) is 46.5 Å². The monoisotopic (exact) mass is 425 g/mol. The maximum atomic E-state index is 12.9. The van der Waals surface area contributed by atoms with E-state index in [0.717, 1.165) is 29.0 Å². The SMILES string of the molecule is CN(C)C(CNC(=O)c1csc(-c2cccc(C(F)(F)F)c2)n1)c1ccsc1. The van der Waals surface area contributed by atoms with Crippen molar-refractivity contribution in [3.05, 3.63) is 63.3 Å². The second-order valence-corrected chi connectivity index (χ2v) is 8.00. The van der Waals surface area contributed by atoms with E-state index in [1.54, 1.807) is 22.8 Å². The van der Waals surface area contributed by atoms with Crippen molar-refractivity contribution in [2.75, 3.05) is 20.6 Å². The molecule has 1 aromatic carbocycles. The van der Waals surface area contributed by atoms with Gasteiger partial charge in [-0.3, -0.25) is 4.79 Å². The number of aromatic nitrogens is 1. The van der Waals surface area contributed by atoms with Crippen molar-refractivity contribution in [2.24, 2.45) is 0 Å². The van der Waals surface area contributed by atoms with E-state index in [0.29, 0.717) is 17.1 Å². The van der Waals surface area contributed by atoms with Crippen LogP contribution in [0.2, 0.25) is 0 Å². The number of rotatable bonds is 6. The van der Waals surface area contributed by atoms with Gasteiger partial charge in [0, 0.05) is 17.5 Å². The minimum absolute atomic E-state index is 0.0248. The van der Waals surface area contributed by atoms with Crippen LogP contribution in [-0.4, -0.2) is 36.4 Å². The Morgan fingerprint density at radius 2 is 2.04 bits per heavy atom. The van der Waals surface area contributed by atoms with E-state index in [4.69, 9.17) is 0 Å². The first kappa shape index (κ1) is 20.5. The number of thiazole rings is 1. The lowest BCUT2D eigenvalue weighted by Crippen LogP contribution is -2.34. The van der Waals surface area contributed by atoms with Gasteiger partial charge in [0.25, 0.3) is 5.91 Å². The molecular weight excluding hydrogens is 407 g/mol. The highest BCUT2D eigenvalue weighted by Gasteiger charge is 2.30. The number of nitrogens with one attached hydrogen (secondary N) is 1. The summed E-state index contributed by atoms with van der Waals surface area (Å²) >= 11 is 2.73. The second kappa shape index (κ2) is 8.42. The van der Waals surface area contributed by atoms with Crippen LogP contribution in [0.3, 0.4) is 0 Å². The van der Waals surface area contributed by atoms with Crippen molar-refractivity contribution in [1.29, 1.82) is 0 Å². The Balaban J connectivity index is 1.71. The Morgan fingerprint density at radius 1 is 1.25 bits per heavy atom. The van der Waals surface area contributed by atoms with Crippen LogP contribution >= 0.6 is 22.7 Å². The summed E-state index contributed by atoms with van der Waals surface area (Å²) in [6.45, 7) is 0.402. The standard InChI is InChI=1S/C19H18F3N3OS2/c1-25(2)16(13-6-7-27-10-13)9-23-17(26)15-11-28-18(24-15)12-4-3-5-14(8-12)19(20,21)22/h3-8,10-11,16H,9H2,1-2H3,(H,23,26). The molecule has 4 nitrogen and oxygen atoms in total. The molecule has 28 heavy (non-hydrogen) atoms. The molecule has 0 radical (unpaired) electrons. The number of nitrogens with zero attached hydrogens (tertiary/aromatic N) is 2. The maximum Gasteiger partial charge on any atom is 0.416 e. The van der Waals surface area contributed by atoms with Crippen molar-refractivity contribution >= 4 is 28.6 Å². The molecule has 0 fully saturated rings. The molecule has 0 aliphatic heterocycles. The topological polar surface area (TPSA) is 45.2 Å². The van der Waals surface area contributed by atoms with Gasteiger partial charge in [0.15, 0.2) is 0 Å². The largest absolute Gasteiger partial charge is 0.416 e. The van der Waals surface area contributed by atoms with Gasteiger partial charge in [-0.15, -0.1) is 11.3 Å². The molecule has 3 aromatic rings. The first-order valence-corrected chi connectivity index (χ1v) is 10.2. The molecule has 2 aromatic heterocycles. The number of benzene rings is 1. The molecule has 0 saturated heterocycles. The molecule has 148 valence electrons. The molecule has 2 heterocycles. The Kier molecular flexibility index (Phi) is 6.17. The lowest BCUT2D eigenvalue weighted by atomic mass is 10.1. The van der Waals surface area contributed by atoms with E-state index in [1.807, 2.05) is 35.8 Å². The lowest BCUT2D eigenvalue weighted by molar-refractivity contribution is -0.137. The predicted molar refractivity (Wildman–Crippen MR) is 106 cm³/mol. The Bertz CT molecular complexity index is 936. The van der Waals surface area contributed by atoms with E-state index in [1.165, 1.54) is 6.07 Å². The van der Waals surface area contributed by atoms with Gasteiger partial charge in [0.1, 0.15) is 10.7 Å². The highest BCUT2D eigenvalue weighted by Crippen LogP contribution is 2.33. The van der Waals surface area contributed by atoms with E-state index in [-0.39, 0.29) is 17.6 Å². The molecule has 3 rings (SSSR count). The summed E-state index contributed by atoms with van der Waals surface area (Å²) in [5.41, 5.74) is 0.901. The van der Waals surface area contributed by atoms with Crippen LogP contribution < -0.4 is 5.32 Å². The van der Waals surface area contributed by atoms with Crippen LogP contribution in [0.1, 0.15) is 27.7 Å². The average molecular weight is 426 g/mol. The summed E-state index contributed by atoms with van der Waals surface area (Å²) in [6, 6.07) is 6.97. The number of carbonyl (C=O) groups is 1. The first-order valence-electron chi connectivity index (χ1n) is 8.35. The molecule has 0 aliphatic carbocycles. The first-order chi connectivity index (χ1) is 13.3. The molecule has 9 heteroatoms. The molecule has 0 spiro atoms. The van der Waals surface area contributed by atoms with Crippen molar-refractivity contribution in [2.45, 2.75) is 12.2 Å². The fourth-order valence-corrected chi connectivity index (χ4v) is 4.19. The Labute approximate surface area is 168 Å². The highest BCUT2D eigenvalue weighted by atomic mass is 32.1. The average Bonchev–Trinajstić information content (AvgIpc) is 3.33. The minimum atomic E-state index is -4.42. The zero-order chi connectivity index (χ0) is 20.3. The molecule has 1 N–H and O–H groups in total. The smallest absolute Gasteiger partial charge is 0.349 e. The summed E-state index contributed by atoms with van der Waals surface area (Å²) in [5, 5.41) is 8.80. The number of halogens is 3. The van der Waals surface area contributed by atoms with E-state index >= 15 is 0 Å². The number of alkyl halides is 3. The molecule has 1 unspecified atom stereocenters. The minimum Gasteiger partial charge on any atom is -0.349 e. The Hall–Kier alpha value is -2.23. The van der Waals surface area contributed by atoms with Crippen LogP contribution in [-0.2, 0) is 6.18 Å². The molecule has 1 amide bonds. The molecule has 1 atom stereocenters. The summed E-state index contributed by atoms with van der Waals surface area (Å²) in [6.07, 6.45) is -4.42. The van der Waals surface area contributed by atoms with Crippen molar-refractivity contribution in [3.63, 3.8) is 0 Å². The fourth-order valence-electron chi connectivity index (χ4n) is 2.68. The maximum absolute atomic E-state index is 12.9. The van der Waals surface area contributed by atoms with Crippen molar-refractivity contribution < 1.29 is 18.0 Å². The summed E-state index contributed by atoms with van der Waals surface area (Å²) in [5.74, 6) is -0.350. The van der Waals surface area contributed by atoms with Gasteiger partial charge in [-0.2, -0.15) is 24.5 Å². The number of amides is 1. The van der Waals surface area contributed by atoms with Gasteiger partial charge in [0.2, 0.25) is 0 Å². The zero-order valence-electron chi connectivity index (χ0n) is 15.2. The predicted octanol–water partition coefficient (Wildman–Crippen LogP) is 4.92. The third kappa shape index (κ3) is 4.78. The number of thiophene rings is 1. The number of carbonyl (C=O) groups excluding carboxylic acids is 1. The number of hydrogen-bond donors (Lipinski definition) is 1. The van der Waals surface area contributed by atoms with E-state index < -0.39 is 11.7 Å². The van der Waals surface area contributed by atoms with E-state index in [9.17, 15) is 18.0 Å². The van der Waals surface area contributed by atoms with Crippen molar-refractivity contribution in [1.82, 2.24) is 15.2 Å². The highest BCUT2D eigenvalue weighted by molar-refractivity contribution is 7.13. The summed E-state index contributed by atoms with van der Waals surface area (Å²) < 4.78 is 38.7. The van der Waals surface area contributed by atoms with Gasteiger partial charge in [-0.25, -0.2) is 4.98 Å². The Morgan fingerprint density at radius 3 is 2.68 bits per heavy atom. The summed E-state index contributed by atoms with van der Waals surface area (Å²) in [7, 11) is 3.87. The second-order valence-electron chi connectivity index (χ2n) is 6.36. The van der Waals surface area contributed by atoms with Crippen LogP contribution in [0, 0.1) is 0 Å². The van der Waals surface area contributed by atoms with Crippen molar-refractivity contribution in [3.8, 4) is 10.6 Å². The molecule has 0 bridgehead atoms. The normalized spacial score (nSPS) is 12.9. The van der Waals surface area contributed by atoms with Crippen LogP contribution in [0.4, 0.5) is 13.2 Å². The zero-order valence-corrected chi connectivity index (χ0v) is 16.8. The van der Waals surface area contributed by atoms with Gasteiger partial charge < -0.3 is 10.2 Å². The number of likely N-dealkylation sites (N-methyl/N-ethyl adjacent to an activating group) is 1. The third-order valence-corrected chi connectivity index (χ3v) is 5.77. The lowest BCUT2D eigenvalue weighted by Gasteiger charge is -2.23. The quantitative estimate of drug-likeness (QED) is 0.610. The van der Waals surface area contributed by atoms with E-state index in [2.05, 4.69) is 10.3 Å². The fraction of sp³-hybridized carbons (Fsp3) is 0.263. The molecule has 0 saturated carbocycles. The van der Waals surface area contributed by atoms with Gasteiger partial charge in [0.05, 0.1) is 11.6 Å². The van der Waals surface area contributed by atoms with Crippen LogP contribution in [0.5, 0.6) is 0 Å². The molecular formula is C19H18F3N3OS2. The third-order valence-electron chi connectivity index (χ3n) is 4.18. The van der Waals surface area contributed by atoms with Gasteiger partial charge >= 0.3 is 6.18 Å². The van der Waals surface area contributed by atoms with Crippen LogP contribution in [0.25, 0.3) is 10.6 Å². The van der Waals surface area contributed by atoms with Gasteiger partial charge in [-0.1, -0.05) is 12.1 Å².